The Morgan fingerprint density at radius 2 is 1.90 bits per heavy atom. The number of ether oxygens (including phenoxy) is 2. The fourth-order valence-corrected chi connectivity index (χ4v) is 6.08. The van der Waals surface area contributed by atoms with Crippen LogP contribution < -0.4 is 5.32 Å². The summed E-state index contributed by atoms with van der Waals surface area (Å²) >= 11 is 0. The maximum Gasteiger partial charge on any atom is 0.250 e. The molecule has 4 heterocycles. The minimum absolute atomic E-state index is 0.000535. The highest BCUT2D eigenvalue weighted by Crippen LogP contribution is 2.38. The molecule has 2 aliphatic rings. The van der Waals surface area contributed by atoms with Crippen LogP contribution in [-0.4, -0.2) is 91.5 Å². The van der Waals surface area contributed by atoms with E-state index >= 15 is 0 Å². The molecule has 2 fully saturated rings. The van der Waals surface area contributed by atoms with Crippen LogP contribution in [0.5, 0.6) is 0 Å². The first-order valence-electron chi connectivity index (χ1n) is 14.4. The van der Waals surface area contributed by atoms with E-state index in [2.05, 4.69) is 21.5 Å². The van der Waals surface area contributed by atoms with Gasteiger partial charge in [0, 0.05) is 55.2 Å². The van der Waals surface area contributed by atoms with Gasteiger partial charge in [-0.05, 0) is 66.4 Å². The number of hydrogen-bond acceptors (Lipinski definition) is 8. The summed E-state index contributed by atoms with van der Waals surface area (Å²) in [5.74, 6) is 0.839. The first-order valence-corrected chi connectivity index (χ1v) is 14.4. The molecule has 1 saturated heterocycles. The van der Waals surface area contributed by atoms with Crippen molar-refractivity contribution in [3.63, 3.8) is 0 Å². The number of morpholine rings is 1. The lowest BCUT2D eigenvalue weighted by atomic mass is 9.85. The Morgan fingerprint density at radius 3 is 2.58 bits per heavy atom. The Balaban J connectivity index is 1.48. The van der Waals surface area contributed by atoms with Crippen molar-refractivity contribution >= 4 is 17.4 Å². The maximum absolute atomic E-state index is 13.6. The molecule has 3 aromatic heterocycles. The van der Waals surface area contributed by atoms with Crippen LogP contribution in [0.3, 0.4) is 0 Å². The van der Waals surface area contributed by atoms with E-state index in [4.69, 9.17) is 14.6 Å². The summed E-state index contributed by atoms with van der Waals surface area (Å²) in [5.41, 5.74) is 2.99. The molecule has 3 aromatic rings. The summed E-state index contributed by atoms with van der Waals surface area (Å²) in [6, 6.07) is 2.23. The molecule has 1 saturated carbocycles. The van der Waals surface area contributed by atoms with Gasteiger partial charge >= 0.3 is 0 Å². The molecule has 0 radical (unpaired) electrons. The zero-order valence-electron chi connectivity index (χ0n) is 24.5. The number of rotatable bonds is 8. The Bertz CT molecular complexity index is 1320. The third kappa shape index (κ3) is 5.73. The molecule has 0 aromatic carbocycles. The highest BCUT2D eigenvalue weighted by atomic mass is 16.5. The van der Waals surface area contributed by atoms with E-state index < -0.39 is 5.54 Å². The average molecular weight is 554 g/mol. The summed E-state index contributed by atoms with van der Waals surface area (Å²) in [5, 5.41) is 23.0. The number of carbonyl (C=O) groups excluding carboxylic acids is 1. The lowest BCUT2D eigenvalue weighted by molar-refractivity contribution is -0.151. The number of carbonyl (C=O) groups is 1. The maximum atomic E-state index is 13.6. The molecular weight excluding hydrogens is 510 g/mol. The molecule has 218 valence electrons. The number of aliphatic hydroxyl groups excluding tert-OH is 1. The van der Waals surface area contributed by atoms with E-state index in [0.717, 1.165) is 48.0 Å². The van der Waals surface area contributed by atoms with E-state index in [1.54, 1.807) is 11.8 Å². The number of aromatic nitrogens is 5. The van der Waals surface area contributed by atoms with Crippen LogP contribution in [0, 0.1) is 0 Å². The largest absolute Gasteiger partial charge is 0.393 e. The lowest BCUT2D eigenvalue weighted by Gasteiger charge is -2.39. The standard InChI is InChI=1S/C29H43N7O4/c1-18(17-39-6)32-28-30-13-26-24(11-25(36(26)33-28)21-7-9-23(37)10-8-21)22-12-31-35(16-22)29(4,5)27(38)34-14-19(2)40-20(3)15-34/h11-13,16,18-21,23,37H,7-10,14-15,17H2,1-6H3,(H,32,33)/t18-,19+,20+,21-,23-/m0/s1. The third-order valence-electron chi connectivity index (χ3n) is 8.15. The van der Waals surface area contributed by atoms with Gasteiger partial charge in [0.1, 0.15) is 5.54 Å². The number of anilines is 1. The second-order valence-electron chi connectivity index (χ2n) is 12.1. The van der Waals surface area contributed by atoms with Crippen LogP contribution in [0.4, 0.5) is 5.95 Å². The zero-order chi connectivity index (χ0) is 28.6. The number of nitrogens with zero attached hydrogens (tertiary/aromatic N) is 6. The van der Waals surface area contributed by atoms with Crippen molar-refractivity contribution in [3.8, 4) is 11.1 Å². The summed E-state index contributed by atoms with van der Waals surface area (Å²) in [6.45, 7) is 11.5. The van der Waals surface area contributed by atoms with Gasteiger partial charge in [0.15, 0.2) is 0 Å². The summed E-state index contributed by atoms with van der Waals surface area (Å²) < 4.78 is 14.8. The molecule has 0 spiro atoms. The first kappa shape index (κ1) is 28.5. The molecule has 3 atom stereocenters. The van der Waals surface area contributed by atoms with E-state index in [0.29, 0.717) is 25.6 Å². The van der Waals surface area contributed by atoms with Crippen LogP contribution in [0.25, 0.3) is 16.6 Å². The minimum Gasteiger partial charge on any atom is -0.393 e. The summed E-state index contributed by atoms with van der Waals surface area (Å²) in [6.07, 6.45) is 8.73. The molecule has 11 heteroatoms. The van der Waals surface area contributed by atoms with Gasteiger partial charge in [-0.25, -0.2) is 9.50 Å². The van der Waals surface area contributed by atoms with Crippen molar-refractivity contribution < 1.29 is 19.4 Å². The average Bonchev–Trinajstić information content (AvgIpc) is 3.54. The Kier molecular flexibility index (Phi) is 8.17. The van der Waals surface area contributed by atoms with E-state index in [-0.39, 0.29) is 36.2 Å². The van der Waals surface area contributed by atoms with Crippen molar-refractivity contribution in [3.05, 3.63) is 30.4 Å². The van der Waals surface area contributed by atoms with Crippen LogP contribution in [0.1, 0.15) is 71.9 Å². The number of hydrogen-bond donors (Lipinski definition) is 2. The molecule has 0 bridgehead atoms. The lowest BCUT2D eigenvalue weighted by Crippen LogP contribution is -2.54. The number of aliphatic hydroxyl groups is 1. The monoisotopic (exact) mass is 553 g/mol. The van der Waals surface area contributed by atoms with Crippen LogP contribution >= 0.6 is 0 Å². The second-order valence-corrected chi connectivity index (χ2v) is 12.1. The van der Waals surface area contributed by atoms with Gasteiger partial charge in [-0.2, -0.15) is 5.10 Å². The van der Waals surface area contributed by atoms with Gasteiger partial charge < -0.3 is 24.8 Å². The highest BCUT2D eigenvalue weighted by Gasteiger charge is 2.38. The molecule has 1 aliphatic heterocycles. The van der Waals surface area contributed by atoms with E-state index in [1.165, 1.54) is 0 Å². The van der Waals surface area contributed by atoms with Gasteiger partial charge in [-0.1, -0.05) is 0 Å². The van der Waals surface area contributed by atoms with Crippen LogP contribution in [0.15, 0.2) is 24.7 Å². The fraction of sp³-hybridized carbons (Fsp3) is 0.655. The molecule has 5 rings (SSSR count). The summed E-state index contributed by atoms with van der Waals surface area (Å²) in [4.78, 5) is 20.1. The van der Waals surface area contributed by atoms with Gasteiger partial charge in [-0.3, -0.25) is 9.48 Å². The van der Waals surface area contributed by atoms with E-state index in [1.807, 2.05) is 62.6 Å². The first-order chi connectivity index (χ1) is 19.1. The van der Waals surface area contributed by atoms with Crippen molar-refractivity contribution in [2.24, 2.45) is 0 Å². The molecule has 2 N–H and O–H groups in total. The van der Waals surface area contributed by atoms with Gasteiger partial charge in [0.25, 0.3) is 0 Å². The zero-order valence-corrected chi connectivity index (χ0v) is 24.5. The molecular formula is C29H43N7O4. The number of methoxy groups -OCH3 is 1. The highest BCUT2D eigenvalue weighted by molar-refractivity contribution is 5.85. The minimum atomic E-state index is -0.863. The fourth-order valence-electron chi connectivity index (χ4n) is 6.08. The van der Waals surface area contributed by atoms with Crippen LogP contribution in [0.2, 0.25) is 0 Å². The SMILES string of the molecule is COC[C@H](C)Nc1ncc2c(-c3cnn(C(C)(C)C(=O)N4C[C@@H](C)O[C@H](C)C4)c3)cc([C@H]3CC[C@H](O)CC3)n2n1. The van der Waals surface area contributed by atoms with Crippen molar-refractivity contribution in [2.75, 3.05) is 32.1 Å². The van der Waals surface area contributed by atoms with Crippen molar-refractivity contribution in [2.45, 2.75) is 96.1 Å². The van der Waals surface area contributed by atoms with Crippen molar-refractivity contribution in [1.82, 2.24) is 29.3 Å². The third-order valence-corrected chi connectivity index (χ3v) is 8.15. The topological polar surface area (TPSA) is 119 Å². The van der Waals surface area contributed by atoms with Crippen LogP contribution in [-0.2, 0) is 19.8 Å². The normalized spacial score (nSPS) is 24.8. The Hall–Kier alpha value is -3.02. The smallest absolute Gasteiger partial charge is 0.250 e. The van der Waals surface area contributed by atoms with Gasteiger partial charge in [-0.15, -0.1) is 5.10 Å². The van der Waals surface area contributed by atoms with Gasteiger partial charge in [0.05, 0.1) is 42.8 Å². The number of nitrogens with one attached hydrogen (secondary N) is 1. The Labute approximate surface area is 235 Å². The predicted octanol–water partition coefficient (Wildman–Crippen LogP) is 3.43. The Morgan fingerprint density at radius 1 is 1.20 bits per heavy atom. The molecule has 1 amide bonds. The number of fused-ring (bicyclic) bond motifs is 1. The molecule has 0 unspecified atom stereocenters. The van der Waals surface area contributed by atoms with Gasteiger partial charge in [0.2, 0.25) is 11.9 Å². The molecule has 40 heavy (non-hydrogen) atoms. The predicted molar refractivity (Wildman–Crippen MR) is 152 cm³/mol. The molecule has 11 nitrogen and oxygen atoms in total. The number of amides is 1. The van der Waals surface area contributed by atoms with Crippen molar-refractivity contribution in [1.29, 1.82) is 0 Å². The quantitative estimate of drug-likeness (QED) is 0.436. The summed E-state index contributed by atoms with van der Waals surface area (Å²) in [7, 11) is 1.67. The second kappa shape index (κ2) is 11.5. The molecule has 1 aliphatic carbocycles. The van der Waals surface area contributed by atoms with E-state index in [9.17, 15) is 9.90 Å².